The maximum atomic E-state index is 12.5. The number of amides is 2. The van der Waals surface area contributed by atoms with E-state index in [2.05, 4.69) is 30.6 Å². The molecule has 9 nitrogen and oxygen atoms in total. The number of piperazine rings is 1. The monoisotopic (exact) mass is 505 g/mol. The number of fused-ring (bicyclic) bond motifs is 5. The molecule has 1 aromatic carbocycles. The van der Waals surface area contributed by atoms with E-state index in [1.807, 2.05) is 43.1 Å². The van der Waals surface area contributed by atoms with Crippen molar-refractivity contribution in [1.29, 1.82) is 0 Å². The second-order valence-corrected chi connectivity index (χ2v) is 8.34. The van der Waals surface area contributed by atoms with Gasteiger partial charge in [0.15, 0.2) is 11.6 Å². The lowest BCUT2D eigenvalue weighted by Crippen LogP contribution is -2.53. The summed E-state index contributed by atoms with van der Waals surface area (Å²) in [6.07, 6.45) is 1.82. The van der Waals surface area contributed by atoms with E-state index in [9.17, 15) is 9.59 Å². The molecule has 4 heterocycles. The third kappa shape index (κ3) is 3.53. The molecule has 0 spiro atoms. The molecule has 31 heavy (non-hydrogen) atoms. The van der Waals surface area contributed by atoms with Gasteiger partial charge < -0.3 is 14.4 Å². The van der Waals surface area contributed by atoms with Gasteiger partial charge in [-0.1, -0.05) is 15.9 Å². The SMILES string of the molecule is CCN1CCN(Cc2nc3n(n2)Cc2c(C)ncn2-c2ccc(Br)cc2-3)C(=O)C1=O.Cl. The summed E-state index contributed by atoms with van der Waals surface area (Å²) in [7, 11) is 0. The molecule has 0 radical (unpaired) electrons. The van der Waals surface area contributed by atoms with Crippen LogP contribution in [0.2, 0.25) is 0 Å². The van der Waals surface area contributed by atoms with E-state index in [1.165, 1.54) is 4.90 Å². The molecule has 0 unspecified atom stereocenters. The highest BCUT2D eigenvalue weighted by atomic mass is 79.9. The van der Waals surface area contributed by atoms with Gasteiger partial charge in [0.05, 0.1) is 36.5 Å². The van der Waals surface area contributed by atoms with Crippen molar-refractivity contribution >= 4 is 40.2 Å². The van der Waals surface area contributed by atoms with Gasteiger partial charge in [0.1, 0.15) is 0 Å². The number of carbonyl (C=O) groups excluding carboxylic acids is 2. The summed E-state index contributed by atoms with van der Waals surface area (Å²) in [6.45, 7) is 6.13. The highest BCUT2D eigenvalue weighted by Crippen LogP contribution is 2.33. The number of likely N-dealkylation sites (N-methyl/N-ethyl adjacent to an activating group) is 1. The number of halogens is 2. The third-order valence-electron chi connectivity index (χ3n) is 5.66. The molecule has 3 aromatic rings. The highest BCUT2D eigenvalue weighted by molar-refractivity contribution is 9.10. The Bertz CT molecular complexity index is 1190. The minimum absolute atomic E-state index is 0. The average molecular weight is 507 g/mol. The minimum Gasteiger partial charge on any atom is -0.333 e. The number of benzene rings is 1. The van der Waals surface area contributed by atoms with Crippen molar-refractivity contribution in [3.05, 3.63) is 46.2 Å². The minimum atomic E-state index is -0.495. The zero-order valence-corrected chi connectivity index (χ0v) is 19.5. The Morgan fingerprint density at radius 1 is 1.13 bits per heavy atom. The fraction of sp³-hybridized carbons (Fsp3) is 0.350. The first kappa shape index (κ1) is 21.5. The van der Waals surface area contributed by atoms with Gasteiger partial charge in [0, 0.05) is 29.7 Å². The zero-order chi connectivity index (χ0) is 21.0. The maximum Gasteiger partial charge on any atom is 0.312 e. The van der Waals surface area contributed by atoms with Crippen LogP contribution in [0.3, 0.4) is 0 Å². The average Bonchev–Trinajstić information content (AvgIpc) is 3.26. The predicted molar refractivity (Wildman–Crippen MR) is 119 cm³/mol. The van der Waals surface area contributed by atoms with Crippen LogP contribution < -0.4 is 0 Å². The Labute approximate surface area is 193 Å². The fourth-order valence-electron chi connectivity index (χ4n) is 4.00. The molecule has 5 rings (SSSR count). The number of aromatic nitrogens is 5. The molecule has 0 bridgehead atoms. The number of hydrogen-bond acceptors (Lipinski definition) is 5. The molecule has 0 atom stereocenters. The van der Waals surface area contributed by atoms with Crippen molar-refractivity contribution in [2.45, 2.75) is 26.9 Å². The van der Waals surface area contributed by atoms with E-state index in [4.69, 9.17) is 4.98 Å². The Morgan fingerprint density at radius 3 is 2.65 bits per heavy atom. The standard InChI is InChI=1S/C20H20BrN7O2.ClH/c1-3-25-6-7-26(20(30)19(25)29)10-17-23-18-14-8-13(21)4-5-15(14)27-11-22-12(2)16(27)9-28(18)24-17;/h4-5,8,11H,3,6-7,9-10H2,1-2H3;1H. The lowest BCUT2D eigenvalue weighted by molar-refractivity contribution is -0.156. The Balaban J connectivity index is 0.00000231. The molecule has 162 valence electrons. The van der Waals surface area contributed by atoms with Crippen LogP contribution in [0.25, 0.3) is 17.1 Å². The molecule has 2 aliphatic rings. The molecular formula is C20H21BrClN7O2. The molecule has 2 aliphatic heterocycles. The van der Waals surface area contributed by atoms with Gasteiger partial charge in [-0.05, 0) is 32.0 Å². The van der Waals surface area contributed by atoms with Gasteiger partial charge in [-0.3, -0.25) is 9.59 Å². The Kier molecular flexibility index (Phi) is 5.61. The molecule has 0 N–H and O–H groups in total. The van der Waals surface area contributed by atoms with E-state index < -0.39 is 11.8 Å². The molecule has 1 saturated heterocycles. The summed E-state index contributed by atoms with van der Waals surface area (Å²) in [5, 5.41) is 4.68. The van der Waals surface area contributed by atoms with Gasteiger partial charge in [-0.15, -0.1) is 12.4 Å². The topological polar surface area (TPSA) is 89.2 Å². The first-order valence-corrected chi connectivity index (χ1v) is 10.6. The summed E-state index contributed by atoms with van der Waals surface area (Å²) < 4.78 is 4.86. The van der Waals surface area contributed by atoms with E-state index in [0.717, 1.165) is 32.9 Å². The molecule has 0 aliphatic carbocycles. The first-order valence-electron chi connectivity index (χ1n) is 9.81. The summed E-state index contributed by atoms with van der Waals surface area (Å²) in [4.78, 5) is 37.0. The molecule has 1 fully saturated rings. The van der Waals surface area contributed by atoms with Gasteiger partial charge in [0.25, 0.3) is 0 Å². The van der Waals surface area contributed by atoms with Gasteiger partial charge >= 0.3 is 11.8 Å². The van der Waals surface area contributed by atoms with Gasteiger partial charge in [-0.25, -0.2) is 14.6 Å². The van der Waals surface area contributed by atoms with Crippen molar-refractivity contribution in [3.63, 3.8) is 0 Å². The molecule has 2 aromatic heterocycles. The predicted octanol–water partition coefficient (Wildman–Crippen LogP) is 2.18. The molecule has 2 amide bonds. The van der Waals surface area contributed by atoms with Gasteiger partial charge in [0.2, 0.25) is 0 Å². The Morgan fingerprint density at radius 2 is 1.87 bits per heavy atom. The molecule has 0 saturated carbocycles. The normalized spacial score (nSPS) is 15.2. The Hall–Kier alpha value is -2.72. The van der Waals surface area contributed by atoms with E-state index in [0.29, 0.717) is 32.0 Å². The van der Waals surface area contributed by atoms with Crippen LogP contribution in [-0.4, -0.2) is 65.6 Å². The zero-order valence-electron chi connectivity index (χ0n) is 17.1. The van der Waals surface area contributed by atoms with Gasteiger partial charge in [-0.2, -0.15) is 5.10 Å². The smallest absolute Gasteiger partial charge is 0.312 e. The fourth-order valence-corrected chi connectivity index (χ4v) is 4.37. The number of imidazole rings is 1. The summed E-state index contributed by atoms with van der Waals surface area (Å²) in [5.41, 5.74) is 3.88. The van der Waals surface area contributed by atoms with Crippen LogP contribution in [0.1, 0.15) is 24.1 Å². The van der Waals surface area contributed by atoms with E-state index in [-0.39, 0.29) is 19.0 Å². The molecule has 11 heteroatoms. The number of rotatable bonds is 3. The third-order valence-corrected chi connectivity index (χ3v) is 6.15. The van der Waals surface area contributed by atoms with Crippen LogP contribution >= 0.6 is 28.3 Å². The number of hydrogen-bond donors (Lipinski definition) is 0. The lowest BCUT2D eigenvalue weighted by Gasteiger charge is -2.32. The second kappa shape index (κ2) is 8.08. The summed E-state index contributed by atoms with van der Waals surface area (Å²) >= 11 is 3.55. The lowest BCUT2D eigenvalue weighted by atomic mass is 10.1. The maximum absolute atomic E-state index is 12.5. The van der Waals surface area contributed by atoms with E-state index >= 15 is 0 Å². The van der Waals surface area contributed by atoms with Crippen molar-refractivity contribution < 1.29 is 9.59 Å². The van der Waals surface area contributed by atoms with Crippen molar-refractivity contribution in [2.75, 3.05) is 19.6 Å². The summed E-state index contributed by atoms with van der Waals surface area (Å²) in [5.74, 6) is 0.298. The van der Waals surface area contributed by atoms with Crippen LogP contribution in [-0.2, 0) is 22.7 Å². The highest BCUT2D eigenvalue weighted by Gasteiger charge is 2.33. The second-order valence-electron chi connectivity index (χ2n) is 7.43. The van der Waals surface area contributed by atoms with Crippen molar-refractivity contribution in [1.82, 2.24) is 34.1 Å². The summed E-state index contributed by atoms with van der Waals surface area (Å²) in [6, 6.07) is 6.03. The number of nitrogens with zero attached hydrogens (tertiary/aromatic N) is 7. The van der Waals surface area contributed by atoms with Crippen LogP contribution in [0, 0.1) is 6.92 Å². The first-order chi connectivity index (χ1) is 14.5. The van der Waals surface area contributed by atoms with E-state index in [1.54, 1.807) is 4.90 Å². The van der Waals surface area contributed by atoms with Crippen LogP contribution in [0.15, 0.2) is 29.0 Å². The van der Waals surface area contributed by atoms with Crippen molar-refractivity contribution in [3.8, 4) is 17.1 Å². The quantitative estimate of drug-likeness (QED) is 0.397. The number of aryl methyl sites for hydroxylation is 1. The van der Waals surface area contributed by atoms with Crippen LogP contribution in [0.5, 0.6) is 0 Å². The molecular weight excluding hydrogens is 486 g/mol. The van der Waals surface area contributed by atoms with Crippen LogP contribution in [0.4, 0.5) is 0 Å². The van der Waals surface area contributed by atoms with Crippen molar-refractivity contribution in [2.24, 2.45) is 0 Å². The largest absolute Gasteiger partial charge is 0.333 e. The number of carbonyl (C=O) groups is 2.